The van der Waals surface area contributed by atoms with Gasteiger partial charge in [-0.2, -0.15) is 20.6 Å². The van der Waals surface area contributed by atoms with Crippen molar-refractivity contribution in [1.29, 1.82) is 5.26 Å². The van der Waals surface area contributed by atoms with Crippen LogP contribution in [0.2, 0.25) is 0 Å². The molecular weight excluding hydrogens is 444 g/mol. The normalized spacial score (nSPS) is 14.9. The highest BCUT2D eigenvalue weighted by Crippen LogP contribution is 2.33. The summed E-state index contributed by atoms with van der Waals surface area (Å²) in [6.45, 7) is 6.87. The number of pyridine rings is 1. The highest BCUT2D eigenvalue weighted by molar-refractivity contribution is 5.87. The predicted molar refractivity (Wildman–Crippen MR) is 129 cm³/mol. The first kappa shape index (κ1) is 22.7. The first-order valence-electron chi connectivity index (χ1n) is 11.6. The van der Waals surface area contributed by atoms with Crippen LogP contribution in [0, 0.1) is 11.3 Å². The topological polar surface area (TPSA) is 106 Å². The third-order valence-corrected chi connectivity index (χ3v) is 6.17. The number of piperidine rings is 1. The number of hydrogen-bond donors (Lipinski definition) is 0. The van der Waals surface area contributed by atoms with Crippen LogP contribution in [0.3, 0.4) is 0 Å². The zero-order valence-electron chi connectivity index (χ0n) is 20.3. The molecule has 0 unspecified atom stereocenters. The van der Waals surface area contributed by atoms with Gasteiger partial charge in [0, 0.05) is 61.0 Å². The largest absolute Gasteiger partial charge is 0.444 e. The van der Waals surface area contributed by atoms with Crippen LogP contribution in [0.25, 0.3) is 27.8 Å². The number of fused-ring (bicyclic) bond motifs is 1. The highest BCUT2D eigenvalue weighted by Gasteiger charge is 2.28. The summed E-state index contributed by atoms with van der Waals surface area (Å²) >= 11 is 0. The van der Waals surface area contributed by atoms with Gasteiger partial charge in [0.05, 0.1) is 35.7 Å². The molecule has 4 aromatic rings. The molecule has 10 nitrogen and oxygen atoms in total. The second-order valence-corrected chi connectivity index (χ2v) is 9.92. The summed E-state index contributed by atoms with van der Waals surface area (Å²) in [6.07, 6.45) is 12.4. The summed E-state index contributed by atoms with van der Waals surface area (Å²) in [5, 5.41) is 23.0. The fourth-order valence-corrected chi connectivity index (χ4v) is 4.47. The second kappa shape index (κ2) is 8.58. The second-order valence-electron chi connectivity index (χ2n) is 9.92. The standard InChI is InChI=1S/C25H28N8O2/c1-25(2,3)35-24(34)31-7-5-21(6-8-31)32-16-20(13-28-32)22-9-17(19-12-27-30(4)14-19)15-33-23(22)18(10-26)11-29-33/h9,11-16,21H,5-8H2,1-4H3. The molecule has 4 aromatic heterocycles. The number of ether oxygens (including phenoxy) is 1. The highest BCUT2D eigenvalue weighted by atomic mass is 16.6. The Morgan fingerprint density at radius 1 is 1.03 bits per heavy atom. The molecule has 180 valence electrons. The van der Waals surface area contributed by atoms with Crippen molar-refractivity contribution in [2.75, 3.05) is 13.1 Å². The minimum Gasteiger partial charge on any atom is -0.444 e. The van der Waals surface area contributed by atoms with Gasteiger partial charge in [0.15, 0.2) is 0 Å². The molecule has 0 saturated carbocycles. The van der Waals surface area contributed by atoms with E-state index in [1.807, 2.05) is 63.5 Å². The minimum absolute atomic E-state index is 0.181. The summed E-state index contributed by atoms with van der Waals surface area (Å²) < 4.78 is 11.0. The zero-order valence-corrected chi connectivity index (χ0v) is 20.3. The maximum absolute atomic E-state index is 12.4. The van der Waals surface area contributed by atoms with Crippen molar-refractivity contribution in [3.05, 3.63) is 48.8 Å². The minimum atomic E-state index is -0.504. The first-order valence-corrected chi connectivity index (χ1v) is 11.6. The van der Waals surface area contributed by atoms with E-state index in [0.29, 0.717) is 18.7 Å². The molecule has 0 aliphatic carbocycles. The SMILES string of the molecule is Cn1cc(-c2cc(-c3cnn(C4CCN(C(=O)OC(C)(C)C)CC4)c3)c3c(C#N)cnn3c2)cn1. The average Bonchev–Trinajstić information content (AvgIpc) is 3.57. The van der Waals surface area contributed by atoms with E-state index in [1.165, 1.54) is 0 Å². The lowest BCUT2D eigenvalue weighted by Crippen LogP contribution is -2.42. The Morgan fingerprint density at radius 2 is 1.77 bits per heavy atom. The Bertz CT molecular complexity index is 1420. The number of nitriles is 1. The van der Waals surface area contributed by atoms with Crippen LogP contribution < -0.4 is 0 Å². The monoisotopic (exact) mass is 472 g/mol. The van der Waals surface area contributed by atoms with Crippen molar-refractivity contribution in [2.45, 2.75) is 45.3 Å². The van der Waals surface area contributed by atoms with Gasteiger partial charge in [0.2, 0.25) is 0 Å². The lowest BCUT2D eigenvalue weighted by atomic mass is 10.0. The van der Waals surface area contributed by atoms with Crippen molar-refractivity contribution in [3.8, 4) is 28.3 Å². The molecule has 0 N–H and O–H groups in total. The van der Waals surface area contributed by atoms with Gasteiger partial charge in [0.25, 0.3) is 0 Å². The maximum Gasteiger partial charge on any atom is 0.410 e. The quantitative estimate of drug-likeness (QED) is 0.445. The summed E-state index contributed by atoms with van der Waals surface area (Å²) in [7, 11) is 1.88. The molecular formula is C25H28N8O2. The molecule has 0 aromatic carbocycles. The van der Waals surface area contributed by atoms with Crippen LogP contribution in [0.4, 0.5) is 4.79 Å². The average molecular weight is 473 g/mol. The summed E-state index contributed by atoms with van der Waals surface area (Å²) in [4.78, 5) is 14.2. The van der Waals surface area contributed by atoms with Crippen molar-refractivity contribution >= 4 is 11.6 Å². The fraction of sp³-hybridized carbons (Fsp3) is 0.400. The van der Waals surface area contributed by atoms with E-state index >= 15 is 0 Å². The number of likely N-dealkylation sites (tertiary alicyclic amines) is 1. The third kappa shape index (κ3) is 4.49. The molecule has 0 radical (unpaired) electrons. The third-order valence-electron chi connectivity index (χ3n) is 6.17. The molecule has 5 heterocycles. The summed E-state index contributed by atoms with van der Waals surface area (Å²) in [5.41, 5.74) is 4.47. The van der Waals surface area contributed by atoms with Gasteiger partial charge in [-0.15, -0.1) is 0 Å². The Labute approximate surface area is 203 Å². The smallest absolute Gasteiger partial charge is 0.410 e. The lowest BCUT2D eigenvalue weighted by molar-refractivity contribution is 0.0185. The summed E-state index contributed by atoms with van der Waals surface area (Å²) in [5.74, 6) is 0. The van der Waals surface area contributed by atoms with Gasteiger partial charge in [-0.25, -0.2) is 9.31 Å². The van der Waals surface area contributed by atoms with Crippen LogP contribution in [0.5, 0.6) is 0 Å². The number of carbonyl (C=O) groups is 1. The van der Waals surface area contributed by atoms with E-state index in [2.05, 4.69) is 27.4 Å². The van der Waals surface area contributed by atoms with Crippen LogP contribution in [-0.4, -0.2) is 58.9 Å². The Hall–Kier alpha value is -4.13. The first-order chi connectivity index (χ1) is 16.7. The molecule has 0 atom stereocenters. The van der Waals surface area contributed by atoms with Crippen molar-refractivity contribution in [2.24, 2.45) is 7.05 Å². The van der Waals surface area contributed by atoms with Crippen molar-refractivity contribution in [3.63, 3.8) is 0 Å². The molecule has 10 heteroatoms. The molecule has 5 rings (SSSR count). The molecule has 35 heavy (non-hydrogen) atoms. The van der Waals surface area contributed by atoms with Gasteiger partial charge >= 0.3 is 6.09 Å². The van der Waals surface area contributed by atoms with E-state index in [0.717, 1.165) is 40.6 Å². The summed E-state index contributed by atoms with van der Waals surface area (Å²) in [6, 6.07) is 4.49. The number of nitrogens with zero attached hydrogens (tertiary/aromatic N) is 8. The molecule has 1 amide bonds. The Kier molecular flexibility index (Phi) is 5.55. The zero-order chi connectivity index (χ0) is 24.7. The van der Waals surface area contributed by atoms with Crippen LogP contribution in [0.15, 0.2) is 43.2 Å². The van der Waals surface area contributed by atoms with Crippen LogP contribution >= 0.6 is 0 Å². The van der Waals surface area contributed by atoms with Crippen LogP contribution in [0.1, 0.15) is 45.2 Å². The fourth-order valence-electron chi connectivity index (χ4n) is 4.47. The number of aryl methyl sites for hydroxylation is 1. The maximum atomic E-state index is 12.4. The molecule has 0 bridgehead atoms. The number of amides is 1. The van der Waals surface area contributed by atoms with Crippen LogP contribution in [-0.2, 0) is 11.8 Å². The van der Waals surface area contributed by atoms with E-state index in [-0.39, 0.29) is 12.1 Å². The molecule has 1 aliphatic rings. The van der Waals surface area contributed by atoms with Gasteiger partial charge in [-0.05, 0) is 39.7 Å². The number of carbonyl (C=O) groups excluding carboxylic acids is 1. The Balaban J connectivity index is 1.42. The van der Waals surface area contributed by atoms with Gasteiger partial charge in [-0.3, -0.25) is 9.36 Å². The Morgan fingerprint density at radius 3 is 2.43 bits per heavy atom. The number of hydrogen-bond acceptors (Lipinski definition) is 6. The van der Waals surface area contributed by atoms with Crippen molar-refractivity contribution < 1.29 is 9.53 Å². The molecule has 0 spiro atoms. The number of rotatable bonds is 3. The number of aromatic nitrogens is 6. The van der Waals surface area contributed by atoms with Gasteiger partial charge < -0.3 is 9.64 Å². The van der Waals surface area contributed by atoms with Crippen molar-refractivity contribution in [1.82, 2.24) is 34.1 Å². The van der Waals surface area contributed by atoms with Gasteiger partial charge in [0.1, 0.15) is 11.7 Å². The molecule has 1 saturated heterocycles. The lowest BCUT2D eigenvalue weighted by Gasteiger charge is -2.33. The molecule has 1 aliphatic heterocycles. The van der Waals surface area contributed by atoms with E-state index in [4.69, 9.17) is 4.74 Å². The van der Waals surface area contributed by atoms with E-state index in [1.54, 1.807) is 20.3 Å². The van der Waals surface area contributed by atoms with Gasteiger partial charge in [-0.1, -0.05) is 0 Å². The van der Waals surface area contributed by atoms with E-state index in [9.17, 15) is 10.1 Å². The van der Waals surface area contributed by atoms with E-state index < -0.39 is 5.60 Å². The predicted octanol–water partition coefficient (Wildman–Crippen LogP) is 4.04. The molecule has 1 fully saturated rings.